The highest BCUT2D eigenvalue weighted by Crippen LogP contribution is 2.18. The van der Waals surface area contributed by atoms with Crippen LogP contribution in [0.5, 0.6) is 6.01 Å². The molecule has 1 amide bonds. The summed E-state index contributed by atoms with van der Waals surface area (Å²) in [7, 11) is 3.09. The van der Waals surface area contributed by atoms with Crippen molar-refractivity contribution in [3.63, 3.8) is 0 Å². The van der Waals surface area contributed by atoms with Crippen LogP contribution >= 0.6 is 0 Å². The van der Waals surface area contributed by atoms with E-state index >= 15 is 0 Å². The third kappa shape index (κ3) is 4.28. The van der Waals surface area contributed by atoms with E-state index in [1.54, 1.807) is 19.2 Å². The van der Waals surface area contributed by atoms with E-state index in [2.05, 4.69) is 9.97 Å². The van der Waals surface area contributed by atoms with Crippen molar-refractivity contribution in [1.82, 2.24) is 24.0 Å². The van der Waals surface area contributed by atoms with E-state index in [1.165, 1.54) is 34.8 Å². The highest BCUT2D eigenvalue weighted by atomic mass is 19.1. The molecule has 3 heterocycles. The third-order valence-corrected chi connectivity index (χ3v) is 4.99. The standard InChI is InChI=1S/C20H22FN5O5/c1-24-17-16(9-22-18(23-17)30-8-7-29-2)26(19(24)27)20(28)25-10-15(11-25)31-12-13-3-5-14(21)6-4-13/h3-6,9,15H,7-8,10-12H2,1-2H3. The Morgan fingerprint density at radius 3 is 2.68 bits per heavy atom. The van der Waals surface area contributed by atoms with E-state index in [9.17, 15) is 14.0 Å². The van der Waals surface area contributed by atoms with Crippen LogP contribution < -0.4 is 10.4 Å². The topological polar surface area (TPSA) is 101 Å². The predicted octanol–water partition coefficient (Wildman–Crippen LogP) is 1.16. The summed E-state index contributed by atoms with van der Waals surface area (Å²) in [5, 5.41) is 0. The highest BCUT2D eigenvalue weighted by molar-refractivity contribution is 5.88. The summed E-state index contributed by atoms with van der Waals surface area (Å²) in [5.74, 6) is -0.303. The molecule has 0 spiro atoms. The second kappa shape index (κ2) is 8.82. The molecule has 0 radical (unpaired) electrons. The van der Waals surface area contributed by atoms with Crippen molar-refractivity contribution in [3.8, 4) is 6.01 Å². The molecular weight excluding hydrogens is 409 g/mol. The van der Waals surface area contributed by atoms with Crippen LogP contribution in [0.2, 0.25) is 0 Å². The minimum absolute atomic E-state index is 0.1000. The Morgan fingerprint density at radius 1 is 1.23 bits per heavy atom. The summed E-state index contributed by atoms with van der Waals surface area (Å²) in [6, 6.07) is 5.69. The Balaban J connectivity index is 1.41. The number of rotatable bonds is 7. The number of likely N-dealkylation sites (tertiary alicyclic amines) is 1. The van der Waals surface area contributed by atoms with Crippen LogP contribution in [0.25, 0.3) is 11.2 Å². The fourth-order valence-electron chi connectivity index (χ4n) is 3.21. The zero-order valence-corrected chi connectivity index (χ0v) is 17.2. The Bertz CT molecular complexity index is 1140. The number of methoxy groups -OCH3 is 1. The maximum atomic E-state index is 13.0. The third-order valence-electron chi connectivity index (χ3n) is 4.99. The fraction of sp³-hybridized carbons (Fsp3) is 0.400. The van der Waals surface area contributed by atoms with Crippen molar-refractivity contribution in [3.05, 3.63) is 52.3 Å². The lowest BCUT2D eigenvalue weighted by Crippen LogP contribution is -2.57. The van der Waals surface area contributed by atoms with Crippen molar-refractivity contribution in [2.75, 3.05) is 33.4 Å². The number of aromatic nitrogens is 4. The molecule has 11 heteroatoms. The number of benzene rings is 1. The van der Waals surface area contributed by atoms with Gasteiger partial charge in [-0.3, -0.25) is 4.57 Å². The number of nitrogens with zero attached hydrogens (tertiary/aromatic N) is 5. The maximum Gasteiger partial charge on any atom is 0.338 e. The van der Waals surface area contributed by atoms with E-state index in [0.717, 1.165) is 10.1 Å². The molecule has 1 aromatic carbocycles. The Kier molecular flexibility index (Phi) is 5.96. The van der Waals surface area contributed by atoms with Crippen LogP contribution in [-0.2, 0) is 23.1 Å². The molecule has 3 aromatic rings. The van der Waals surface area contributed by atoms with E-state index in [4.69, 9.17) is 14.2 Å². The SMILES string of the molecule is COCCOc1ncc2c(n1)n(C)c(=O)n2C(=O)N1CC(OCc2ccc(F)cc2)C1. The molecule has 164 valence electrons. The van der Waals surface area contributed by atoms with Crippen molar-refractivity contribution in [2.24, 2.45) is 7.05 Å². The van der Waals surface area contributed by atoms with Crippen molar-refractivity contribution >= 4 is 17.2 Å². The molecular formula is C20H22FN5O5. The quantitative estimate of drug-likeness (QED) is 0.518. The van der Waals surface area contributed by atoms with Gasteiger partial charge in [-0.25, -0.2) is 23.5 Å². The van der Waals surface area contributed by atoms with Crippen LogP contribution in [0.1, 0.15) is 5.56 Å². The molecule has 0 saturated carbocycles. The number of fused-ring (bicyclic) bond motifs is 1. The van der Waals surface area contributed by atoms with E-state index < -0.39 is 11.7 Å². The molecule has 1 fully saturated rings. The number of halogens is 1. The van der Waals surface area contributed by atoms with Gasteiger partial charge in [0.1, 0.15) is 17.9 Å². The summed E-state index contributed by atoms with van der Waals surface area (Å²) < 4.78 is 31.3. The minimum Gasteiger partial charge on any atom is -0.461 e. The van der Waals surface area contributed by atoms with Crippen LogP contribution in [0.3, 0.4) is 0 Å². The molecule has 10 nitrogen and oxygen atoms in total. The second-order valence-corrected chi connectivity index (χ2v) is 7.13. The lowest BCUT2D eigenvalue weighted by Gasteiger charge is -2.38. The zero-order valence-electron chi connectivity index (χ0n) is 17.2. The van der Waals surface area contributed by atoms with Crippen LogP contribution in [0.15, 0.2) is 35.3 Å². The predicted molar refractivity (Wildman–Crippen MR) is 107 cm³/mol. The van der Waals surface area contributed by atoms with Crippen molar-refractivity contribution < 1.29 is 23.4 Å². The van der Waals surface area contributed by atoms with Crippen molar-refractivity contribution in [2.45, 2.75) is 12.7 Å². The van der Waals surface area contributed by atoms with Gasteiger partial charge in [0.25, 0.3) is 0 Å². The van der Waals surface area contributed by atoms with Crippen LogP contribution in [-0.4, -0.2) is 69.6 Å². The first kappa shape index (κ1) is 20.9. The largest absolute Gasteiger partial charge is 0.461 e. The minimum atomic E-state index is -0.515. The number of hydrogen-bond acceptors (Lipinski definition) is 7. The van der Waals surface area contributed by atoms with Gasteiger partial charge in [0, 0.05) is 14.2 Å². The molecule has 1 aliphatic rings. The molecule has 0 aliphatic carbocycles. The van der Waals surface area contributed by atoms with Gasteiger partial charge in [0.05, 0.1) is 38.6 Å². The first-order valence-electron chi connectivity index (χ1n) is 9.69. The van der Waals surface area contributed by atoms with Gasteiger partial charge in [0.15, 0.2) is 5.65 Å². The van der Waals surface area contributed by atoms with E-state index in [-0.39, 0.29) is 24.5 Å². The number of aryl methyl sites for hydroxylation is 1. The number of amides is 1. The maximum absolute atomic E-state index is 13.0. The average Bonchev–Trinajstić information content (AvgIpc) is 2.98. The Hall–Kier alpha value is -3.31. The number of ether oxygens (including phenoxy) is 3. The lowest BCUT2D eigenvalue weighted by atomic mass is 10.1. The van der Waals surface area contributed by atoms with E-state index in [1.807, 2.05) is 0 Å². The monoisotopic (exact) mass is 431 g/mol. The molecule has 31 heavy (non-hydrogen) atoms. The summed E-state index contributed by atoms with van der Waals surface area (Å²) in [6.45, 7) is 1.66. The molecule has 0 bridgehead atoms. The Labute approximate surface area is 176 Å². The summed E-state index contributed by atoms with van der Waals surface area (Å²) >= 11 is 0. The number of hydrogen-bond donors (Lipinski definition) is 0. The molecule has 1 saturated heterocycles. The average molecular weight is 431 g/mol. The van der Waals surface area contributed by atoms with Crippen molar-refractivity contribution in [1.29, 1.82) is 0 Å². The summed E-state index contributed by atoms with van der Waals surface area (Å²) in [6.07, 6.45) is 1.24. The van der Waals surface area contributed by atoms with Crippen LogP contribution in [0, 0.1) is 5.82 Å². The van der Waals surface area contributed by atoms with Gasteiger partial charge in [0.2, 0.25) is 0 Å². The molecule has 2 aromatic heterocycles. The fourth-order valence-corrected chi connectivity index (χ4v) is 3.21. The molecule has 0 atom stereocenters. The second-order valence-electron chi connectivity index (χ2n) is 7.13. The first-order chi connectivity index (χ1) is 15.0. The van der Waals surface area contributed by atoms with E-state index in [0.29, 0.717) is 37.5 Å². The molecule has 4 rings (SSSR count). The van der Waals surface area contributed by atoms with Gasteiger partial charge in [-0.05, 0) is 17.7 Å². The van der Waals surface area contributed by atoms with Gasteiger partial charge in [-0.2, -0.15) is 4.98 Å². The molecule has 0 unspecified atom stereocenters. The summed E-state index contributed by atoms with van der Waals surface area (Å²) in [4.78, 5) is 35.4. The van der Waals surface area contributed by atoms with Gasteiger partial charge in [-0.15, -0.1) is 0 Å². The number of imidazole rings is 1. The smallest absolute Gasteiger partial charge is 0.338 e. The number of carbonyl (C=O) groups is 1. The summed E-state index contributed by atoms with van der Waals surface area (Å²) in [5.41, 5.74) is 0.925. The lowest BCUT2D eigenvalue weighted by molar-refractivity contribution is -0.0440. The van der Waals surface area contributed by atoms with Gasteiger partial charge < -0.3 is 19.1 Å². The number of carbonyl (C=O) groups excluding carboxylic acids is 1. The van der Waals surface area contributed by atoms with Crippen LogP contribution in [0.4, 0.5) is 9.18 Å². The Morgan fingerprint density at radius 2 is 1.97 bits per heavy atom. The normalized spacial score (nSPS) is 14.1. The highest BCUT2D eigenvalue weighted by Gasteiger charge is 2.34. The van der Waals surface area contributed by atoms with Gasteiger partial charge in [-0.1, -0.05) is 12.1 Å². The first-order valence-corrected chi connectivity index (χ1v) is 9.69. The zero-order chi connectivity index (χ0) is 22.0. The molecule has 0 N–H and O–H groups in total. The van der Waals surface area contributed by atoms with Gasteiger partial charge >= 0.3 is 17.7 Å². The molecule has 1 aliphatic heterocycles.